The summed E-state index contributed by atoms with van der Waals surface area (Å²) in [7, 11) is 1.60. The van der Waals surface area contributed by atoms with Crippen LogP contribution in [0.25, 0.3) is 0 Å². The minimum Gasteiger partial charge on any atom is -0.497 e. The number of hydrogen-bond acceptors (Lipinski definition) is 9. The van der Waals surface area contributed by atoms with Gasteiger partial charge in [0.1, 0.15) is 12.0 Å². The molecule has 33 heavy (non-hydrogen) atoms. The van der Waals surface area contributed by atoms with Crippen molar-refractivity contribution in [2.24, 2.45) is 0 Å². The van der Waals surface area contributed by atoms with E-state index in [1.54, 1.807) is 31.4 Å². The Hall–Kier alpha value is -2.50. The van der Waals surface area contributed by atoms with Crippen molar-refractivity contribution in [3.8, 4) is 5.75 Å². The first-order chi connectivity index (χ1) is 16.1. The number of benzene rings is 1. The van der Waals surface area contributed by atoms with Gasteiger partial charge in [-0.15, -0.1) is 0 Å². The van der Waals surface area contributed by atoms with Crippen LogP contribution in [0.1, 0.15) is 16.4 Å². The Kier molecular flexibility index (Phi) is 8.30. The Morgan fingerprint density at radius 2 is 1.70 bits per heavy atom. The predicted octanol–water partition coefficient (Wildman–Crippen LogP) is 0.746. The molecule has 10 nitrogen and oxygen atoms in total. The zero-order chi connectivity index (χ0) is 23.0. The average Bonchev–Trinajstić information content (AvgIpc) is 3.30. The molecule has 1 amide bonds. The molecule has 180 valence electrons. The Balaban J connectivity index is 1.18. The first-order valence-electron chi connectivity index (χ1n) is 11.4. The fourth-order valence-electron chi connectivity index (χ4n) is 4.12. The van der Waals surface area contributed by atoms with Crippen LogP contribution in [0.5, 0.6) is 5.75 Å². The summed E-state index contributed by atoms with van der Waals surface area (Å²) in [6, 6.07) is 7.11. The van der Waals surface area contributed by atoms with Gasteiger partial charge in [0.25, 0.3) is 5.91 Å². The Morgan fingerprint density at radius 1 is 1.06 bits per heavy atom. The minimum absolute atomic E-state index is 0.255. The summed E-state index contributed by atoms with van der Waals surface area (Å²) in [6.45, 7) is 8.69. The average molecular weight is 460 g/mol. The molecular weight excluding hydrogens is 426 g/mol. The highest BCUT2D eigenvalue weighted by atomic mass is 16.5. The molecule has 1 aromatic carbocycles. The SMILES string of the molecule is COc1ccc(NC(=O)c2coc(CN3CCN(C[C@@H](O)CN4CCOCC4)CC3)n2)cc1. The van der Waals surface area contributed by atoms with Crippen LogP contribution < -0.4 is 10.1 Å². The van der Waals surface area contributed by atoms with E-state index in [0.717, 1.165) is 58.2 Å². The third kappa shape index (κ3) is 6.99. The number of nitrogens with one attached hydrogen (secondary N) is 1. The maximum atomic E-state index is 12.4. The summed E-state index contributed by atoms with van der Waals surface area (Å²) in [5.74, 6) is 0.938. The molecule has 2 aliphatic heterocycles. The van der Waals surface area contributed by atoms with E-state index in [4.69, 9.17) is 13.9 Å². The molecular formula is C23H33N5O5. The van der Waals surface area contributed by atoms with Crippen molar-refractivity contribution in [1.29, 1.82) is 0 Å². The highest BCUT2D eigenvalue weighted by molar-refractivity contribution is 6.02. The summed E-state index contributed by atoms with van der Waals surface area (Å²) in [5.41, 5.74) is 0.919. The van der Waals surface area contributed by atoms with Gasteiger partial charge in [0.2, 0.25) is 5.89 Å². The van der Waals surface area contributed by atoms with E-state index >= 15 is 0 Å². The number of amides is 1. The quantitative estimate of drug-likeness (QED) is 0.562. The number of β-amino-alcohol motifs (C(OH)–C–C–N with tert-alkyl or cyclic N) is 1. The fraction of sp³-hybridized carbons (Fsp3) is 0.565. The number of methoxy groups -OCH3 is 1. The zero-order valence-corrected chi connectivity index (χ0v) is 19.1. The number of hydrogen-bond donors (Lipinski definition) is 2. The van der Waals surface area contributed by atoms with Gasteiger partial charge in [0.15, 0.2) is 5.69 Å². The largest absolute Gasteiger partial charge is 0.497 e. The number of rotatable bonds is 9. The lowest BCUT2D eigenvalue weighted by Crippen LogP contribution is -2.50. The van der Waals surface area contributed by atoms with Crippen molar-refractivity contribution in [2.75, 3.05) is 78.0 Å². The number of carbonyl (C=O) groups excluding carboxylic acids is 1. The number of aliphatic hydroxyl groups excluding tert-OH is 1. The predicted molar refractivity (Wildman–Crippen MR) is 122 cm³/mol. The van der Waals surface area contributed by atoms with Crippen molar-refractivity contribution >= 4 is 11.6 Å². The third-order valence-corrected chi connectivity index (χ3v) is 6.00. The molecule has 1 aromatic heterocycles. The number of oxazole rings is 1. The van der Waals surface area contributed by atoms with E-state index in [1.807, 2.05) is 0 Å². The number of morpholine rings is 1. The molecule has 10 heteroatoms. The summed E-state index contributed by atoms with van der Waals surface area (Å²) < 4.78 is 16.0. The van der Waals surface area contributed by atoms with Crippen molar-refractivity contribution in [3.05, 3.63) is 42.1 Å². The Bertz CT molecular complexity index is 876. The molecule has 2 fully saturated rings. The van der Waals surface area contributed by atoms with Gasteiger partial charge in [-0.2, -0.15) is 0 Å². The van der Waals surface area contributed by atoms with E-state index < -0.39 is 0 Å². The molecule has 2 aliphatic rings. The standard InChI is InChI=1S/C23H33N5O5/c1-31-20-4-2-18(3-5-20)24-23(30)21-17-33-22(25-21)16-27-8-6-26(7-9-27)14-19(29)15-28-10-12-32-13-11-28/h2-5,17,19,29H,6-16H2,1H3,(H,24,30)/t19-/m1/s1. The van der Waals surface area contributed by atoms with E-state index in [-0.39, 0.29) is 17.7 Å². The van der Waals surface area contributed by atoms with Crippen LogP contribution in [0.15, 0.2) is 34.9 Å². The van der Waals surface area contributed by atoms with Crippen LogP contribution in [0.3, 0.4) is 0 Å². The monoisotopic (exact) mass is 459 g/mol. The maximum Gasteiger partial charge on any atom is 0.277 e. The Morgan fingerprint density at radius 3 is 2.36 bits per heavy atom. The van der Waals surface area contributed by atoms with Gasteiger partial charge in [-0.25, -0.2) is 4.98 Å². The lowest BCUT2D eigenvalue weighted by Gasteiger charge is -2.36. The van der Waals surface area contributed by atoms with Crippen molar-refractivity contribution in [2.45, 2.75) is 12.6 Å². The molecule has 2 saturated heterocycles. The van der Waals surface area contributed by atoms with Crippen LogP contribution in [-0.2, 0) is 11.3 Å². The van der Waals surface area contributed by atoms with E-state index in [1.165, 1.54) is 6.26 Å². The molecule has 0 aliphatic carbocycles. The normalized spacial score (nSPS) is 19.3. The molecule has 0 bridgehead atoms. The topological polar surface area (TPSA) is 104 Å². The summed E-state index contributed by atoms with van der Waals surface area (Å²) in [4.78, 5) is 23.6. The highest BCUT2D eigenvalue weighted by Crippen LogP contribution is 2.16. The lowest BCUT2D eigenvalue weighted by atomic mass is 10.2. The first-order valence-corrected chi connectivity index (χ1v) is 11.4. The molecule has 0 unspecified atom stereocenters. The third-order valence-electron chi connectivity index (χ3n) is 6.00. The smallest absolute Gasteiger partial charge is 0.277 e. The van der Waals surface area contributed by atoms with Gasteiger partial charge in [0, 0.05) is 58.0 Å². The minimum atomic E-state index is -0.354. The van der Waals surface area contributed by atoms with E-state index in [9.17, 15) is 9.90 Å². The summed E-state index contributed by atoms with van der Waals surface area (Å²) in [6.07, 6.45) is 1.04. The van der Waals surface area contributed by atoms with Crippen molar-refractivity contribution in [1.82, 2.24) is 19.7 Å². The number of aromatic nitrogens is 1. The zero-order valence-electron chi connectivity index (χ0n) is 19.1. The van der Waals surface area contributed by atoms with Crippen LogP contribution in [0, 0.1) is 0 Å². The molecule has 3 heterocycles. The van der Waals surface area contributed by atoms with Gasteiger partial charge in [-0.3, -0.25) is 19.5 Å². The molecule has 0 saturated carbocycles. The van der Waals surface area contributed by atoms with Gasteiger partial charge < -0.3 is 24.3 Å². The molecule has 0 spiro atoms. The first kappa shape index (κ1) is 23.7. The molecule has 2 aromatic rings. The highest BCUT2D eigenvalue weighted by Gasteiger charge is 2.23. The number of carbonyl (C=O) groups is 1. The Labute approximate surface area is 194 Å². The lowest BCUT2D eigenvalue weighted by molar-refractivity contribution is 0.00187. The summed E-state index contributed by atoms with van der Waals surface area (Å²) >= 11 is 0. The molecule has 1 atom stereocenters. The molecule has 0 radical (unpaired) electrons. The second kappa shape index (κ2) is 11.6. The molecule has 2 N–H and O–H groups in total. The number of anilines is 1. The van der Waals surface area contributed by atoms with E-state index in [2.05, 4.69) is 25.0 Å². The van der Waals surface area contributed by atoms with Crippen LogP contribution >= 0.6 is 0 Å². The fourth-order valence-corrected chi connectivity index (χ4v) is 4.12. The van der Waals surface area contributed by atoms with Crippen LogP contribution in [0.4, 0.5) is 5.69 Å². The number of piperazine rings is 1. The second-order valence-electron chi connectivity index (χ2n) is 8.45. The molecule has 4 rings (SSSR count). The second-order valence-corrected chi connectivity index (χ2v) is 8.45. The summed E-state index contributed by atoms with van der Waals surface area (Å²) in [5, 5.41) is 13.2. The van der Waals surface area contributed by atoms with Gasteiger partial charge >= 0.3 is 0 Å². The van der Waals surface area contributed by atoms with Crippen LogP contribution in [-0.4, -0.2) is 109 Å². The van der Waals surface area contributed by atoms with Crippen LogP contribution in [0.2, 0.25) is 0 Å². The van der Waals surface area contributed by atoms with Crippen molar-refractivity contribution in [3.63, 3.8) is 0 Å². The van der Waals surface area contributed by atoms with Gasteiger partial charge in [-0.05, 0) is 24.3 Å². The van der Waals surface area contributed by atoms with Gasteiger partial charge in [0.05, 0.1) is 33.0 Å². The number of nitrogens with zero attached hydrogens (tertiary/aromatic N) is 4. The maximum absolute atomic E-state index is 12.4. The number of aliphatic hydroxyl groups is 1. The van der Waals surface area contributed by atoms with Gasteiger partial charge in [-0.1, -0.05) is 0 Å². The van der Waals surface area contributed by atoms with Crippen molar-refractivity contribution < 1.29 is 23.8 Å². The number of ether oxygens (including phenoxy) is 2. The van der Waals surface area contributed by atoms with E-state index in [0.29, 0.717) is 31.2 Å².